The number of likely N-dealkylation sites (N-methyl/N-ethyl adjacent to an activating group) is 1. The fourth-order valence-corrected chi connectivity index (χ4v) is 1.51. The summed E-state index contributed by atoms with van der Waals surface area (Å²) < 4.78 is 0. The lowest BCUT2D eigenvalue weighted by molar-refractivity contribution is 0.698. The van der Waals surface area contributed by atoms with Crippen molar-refractivity contribution in [2.75, 3.05) is 18.5 Å². The normalized spacial score (nSPS) is 12.2. The van der Waals surface area contributed by atoms with E-state index < -0.39 is 0 Å². The van der Waals surface area contributed by atoms with E-state index in [-0.39, 0.29) is 6.04 Å². The smallest absolute Gasteiger partial charge is 0.0366 e. The molecular formula is C13H20N2. The molecule has 0 spiro atoms. The maximum Gasteiger partial charge on any atom is 0.0366 e. The highest BCUT2D eigenvalue weighted by molar-refractivity contribution is 5.47. The van der Waals surface area contributed by atoms with Crippen LogP contribution >= 0.6 is 0 Å². The van der Waals surface area contributed by atoms with Crippen LogP contribution in [0.25, 0.3) is 0 Å². The minimum atomic E-state index is 0.156. The van der Waals surface area contributed by atoms with Crippen molar-refractivity contribution in [3.8, 4) is 0 Å². The maximum atomic E-state index is 5.95. The van der Waals surface area contributed by atoms with Crippen molar-refractivity contribution in [3.63, 3.8) is 0 Å². The molecule has 82 valence electrons. The van der Waals surface area contributed by atoms with Crippen molar-refractivity contribution in [2.45, 2.75) is 19.4 Å². The molecule has 15 heavy (non-hydrogen) atoms. The summed E-state index contributed by atoms with van der Waals surface area (Å²) in [6.07, 6.45) is 2.87. The number of nitrogens with zero attached hydrogens (tertiary/aromatic N) is 1. The molecule has 1 rings (SSSR count). The Balaban J connectivity index is 2.75. The van der Waals surface area contributed by atoms with Gasteiger partial charge in [0.15, 0.2) is 0 Å². The number of nitrogens with two attached hydrogens (primary N) is 1. The highest BCUT2D eigenvalue weighted by Gasteiger charge is 2.03. The fraction of sp³-hybridized carbons (Fsp3) is 0.385. The molecular weight excluding hydrogens is 184 g/mol. The molecule has 0 saturated heterocycles. The first-order valence-electron chi connectivity index (χ1n) is 5.36. The first-order valence-corrected chi connectivity index (χ1v) is 5.36. The monoisotopic (exact) mass is 204 g/mol. The third kappa shape index (κ3) is 3.10. The Morgan fingerprint density at radius 1 is 1.40 bits per heavy atom. The molecule has 0 amide bonds. The van der Waals surface area contributed by atoms with Crippen LogP contribution in [0.2, 0.25) is 0 Å². The average molecular weight is 204 g/mol. The van der Waals surface area contributed by atoms with Gasteiger partial charge in [0.2, 0.25) is 0 Å². The Morgan fingerprint density at radius 2 is 2.00 bits per heavy atom. The van der Waals surface area contributed by atoms with Crippen LogP contribution in [0.5, 0.6) is 0 Å². The second-order valence-corrected chi connectivity index (χ2v) is 3.78. The van der Waals surface area contributed by atoms with E-state index in [1.165, 1.54) is 11.3 Å². The predicted molar refractivity (Wildman–Crippen MR) is 67.1 cm³/mol. The summed E-state index contributed by atoms with van der Waals surface area (Å²) >= 11 is 0. The van der Waals surface area contributed by atoms with Crippen LogP contribution in [0.15, 0.2) is 36.9 Å². The molecule has 0 heterocycles. The van der Waals surface area contributed by atoms with Gasteiger partial charge in [-0.25, -0.2) is 0 Å². The Hall–Kier alpha value is -1.28. The molecule has 2 N–H and O–H groups in total. The van der Waals surface area contributed by atoms with Crippen molar-refractivity contribution in [2.24, 2.45) is 5.73 Å². The topological polar surface area (TPSA) is 29.3 Å². The van der Waals surface area contributed by atoms with Gasteiger partial charge >= 0.3 is 0 Å². The van der Waals surface area contributed by atoms with Crippen LogP contribution in [0.3, 0.4) is 0 Å². The van der Waals surface area contributed by atoms with Crippen LogP contribution < -0.4 is 10.6 Å². The summed E-state index contributed by atoms with van der Waals surface area (Å²) in [4.78, 5) is 2.15. The molecule has 0 aliphatic carbocycles. The van der Waals surface area contributed by atoms with Gasteiger partial charge < -0.3 is 10.6 Å². The van der Waals surface area contributed by atoms with Gasteiger partial charge in [0.25, 0.3) is 0 Å². The third-order valence-electron chi connectivity index (χ3n) is 2.60. The molecule has 0 radical (unpaired) electrons. The summed E-state index contributed by atoms with van der Waals surface area (Å²) in [7, 11) is 2.05. The number of anilines is 1. The number of hydrogen-bond donors (Lipinski definition) is 1. The molecule has 1 aromatic carbocycles. The van der Waals surface area contributed by atoms with Crippen molar-refractivity contribution in [1.82, 2.24) is 0 Å². The van der Waals surface area contributed by atoms with E-state index in [1.807, 2.05) is 6.08 Å². The molecule has 0 saturated carbocycles. The van der Waals surface area contributed by atoms with E-state index in [0.29, 0.717) is 0 Å². The summed E-state index contributed by atoms with van der Waals surface area (Å²) in [5.74, 6) is 0. The Bertz CT molecular complexity index is 303. The minimum absolute atomic E-state index is 0.156. The second kappa shape index (κ2) is 5.56. The minimum Gasteiger partial charge on any atom is -0.371 e. The largest absolute Gasteiger partial charge is 0.371 e. The van der Waals surface area contributed by atoms with Crippen LogP contribution in [0.1, 0.15) is 24.9 Å². The fourth-order valence-electron chi connectivity index (χ4n) is 1.51. The molecule has 0 aliphatic rings. The molecule has 0 bridgehead atoms. The maximum absolute atomic E-state index is 5.95. The van der Waals surface area contributed by atoms with E-state index in [2.05, 4.69) is 49.7 Å². The first-order chi connectivity index (χ1) is 7.19. The summed E-state index contributed by atoms with van der Waals surface area (Å²) in [5.41, 5.74) is 8.35. The molecule has 0 aromatic heterocycles. The lowest BCUT2D eigenvalue weighted by Crippen LogP contribution is -2.16. The standard InChI is InChI=1S/C13H20N2/c1-4-10-15(3)12-8-6-11(7-9-12)13(14)5-2/h4,6-9,13H,1,5,10,14H2,2-3H3. The Morgan fingerprint density at radius 3 is 2.47 bits per heavy atom. The zero-order valence-corrected chi connectivity index (χ0v) is 9.61. The molecule has 1 aromatic rings. The predicted octanol–water partition coefficient (Wildman–Crippen LogP) is 2.72. The van der Waals surface area contributed by atoms with Crippen molar-refractivity contribution in [1.29, 1.82) is 0 Å². The van der Waals surface area contributed by atoms with E-state index in [0.717, 1.165) is 13.0 Å². The molecule has 1 unspecified atom stereocenters. The zero-order chi connectivity index (χ0) is 11.3. The molecule has 2 heteroatoms. The molecule has 0 aliphatic heterocycles. The van der Waals surface area contributed by atoms with Gasteiger partial charge in [0.05, 0.1) is 0 Å². The number of benzene rings is 1. The van der Waals surface area contributed by atoms with Crippen LogP contribution in [0, 0.1) is 0 Å². The Kier molecular flexibility index (Phi) is 4.37. The van der Waals surface area contributed by atoms with Crippen molar-refractivity contribution >= 4 is 5.69 Å². The van der Waals surface area contributed by atoms with Gasteiger partial charge in [-0.05, 0) is 24.1 Å². The molecule has 1 atom stereocenters. The van der Waals surface area contributed by atoms with Gasteiger partial charge in [-0.3, -0.25) is 0 Å². The van der Waals surface area contributed by atoms with E-state index >= 15 is 0 Å². The number of rotatable bonds is 5. The van der Waals surface area contributed by atoms with Gasteiger partial charge in [0, 0.05) is 25.3 Å². The lowest BCUT2D eigenvalue weighted by Gasteiger charge is -2.18. The summed E-state index contributed by atoms with van der Waals surface area (Å²) in [6, 6.07) is 8.57. The molecule has 2 nitrogen and oxygen atoms in total. The summed E-state index contributed by atoms with van der Waals surface area (Å²) in [6.45, 7) is 6.68. The SMILES string of the molecule is C=CCN(C)c1ccc(C(N)CC)cc1. The highest BCUT2D eigenvalue weighted by atomic mass is 15.1. The van der Waals surface area contributed by atoms with Crippen LogP contribution in [-0.4, -0.2) is 13.6 Å². The first kappa shape index (κ1) is 11.8. The zero-order valence-electron chi connectivity index (χ0n) is 9.61. The van der Waals surface area contributed by atoms with E-state index in [9.17, 15) is 0 Å². The quantitative estimate of drug-likeness (QED) is 0.747. The van der Waals surface area contributed by atoms with E-state index in [4.69, 9.17) is 5.73 Å². The second-order valence-electron chi connectivity index (χ2n) is 3.78. The van der Waals surface area contributed by atoms with Crippen molar-refractivity contribution in [3.05, 3.63) is 42.5 Å². The third-order valence-corrected chi connectivity index (χ3v) is 2.60. The van der Waals surface area contributed by atoms with Gasteiger partial charge in [0.1, 0.15) is 0 Å². The van der Waals surface area contributed by atoms with Crippen LogP contribution in [-0.2, 0) is 0 Å². The van der Waals surface area contributed by atoms with Gasteiger partial charge in [-0.2, -0.15) is 0 Å². The number of hydrogen-bond acceptors (Lipinski definition) is 2. The van der Waals surface area contributed by atoms with Crippen LogP contribution in [0.4, 0.5) is 5.69 Å². The van der Waals surface area contributed by atoms with E-state index in [1.54, 1.807) is 0 Å². The average Bonchev–Trinajstić information content (AvgIpc) is 2.28. The highest BCUT2D eigenvalue weighted by Crippen LogP contribution is 2.18. The Labute approximate surface area is 92.4 Å². The molecule has 0 fully saturated rings. The van der Waals surface area contributed by atoms with Crippen molar-refractivity contribution < 1.29 is 0 Å². The van der Waals surface area contributed by atoms with Gasteiger partial charge in [-0.15, -0.1) is 6.58 Å². The summed E-state index contributed by atoms with van der Waals surface area (Å²) in [5, 5.41) is 0. The van der Waals surface area contributed by atoms with Gasteiger partial charge in [-0.1, -0.05) is 25.1 Å². The lowest BCUT2D eigenvalue weighted by atomic mass is 10.1.